The van der Waals surface area contributed by atoms with Crippen molar-refractivity contribution in [2.24, 2.45) is 11.7 Å². The highest BCUT2D eigenvalue weighted by atomic mass is 32.1. The Kier molecular flexibility index (Phi) is 4.28. The molecule has 0 radical (unpaired) electrons. The fraction of sp³-hybridized carbons (Fsp3) is 0.778. The largest absolute Gasteiger partial charge is 0.396 e. The minimum Gasteiger partial charge on any atom is -0.396 e. The molecule has 0 spiro atoms. The van der Waals surface area contributed by atoms with Crippen molar-refractivity contribution >= 4 is 23.1 Å². The van der Waals surface area contributed by atoms with E-state index >= 15 is 0 Å². The fourth-order valence-electron chi connectivity index (χ4n) is 1.70. The molecule has 1 aliphatic rings. The summed E-state index contributed by atoms with van der Waals surface area (Å²) in [6.07, 6.45) is 2.09. The third-order valence-electron chi connectivity index (χ3n) is 2.46. The van der Waals surface area contributed by atoms with Crippen molar-refractivity contribution in [3.8, 4) is 0 Å². The summed E-state index contributed by atoms with van der Waals surface area (Å²) in [6.45, 7) is 1.55. The lowest BCUT2D eigenvalue weighted by atomic mass is 9.99. The molecule has 0 saturated carbocycles. The third kappa shape index (κ3) is 3.23. The quantitative estimate of drug-likeness (QED) is 0.646. The molecule has 0 aromatic carbocycles. The molecule has 1 aliphatic heterocycles. The first-order chi connectivity index (χ1) is 6.63. The summed E-state index contributed by atoms with van der Waals surface area (Å²) in [4.78, 5) is 13.5. The van der Waals surface area contributed by atoms with Crippen LogP contribution in [0.5, 0.6) is 0 Å². The standard InChI is InChI=1S/C9H16N2O2S/c10-8(14)4-9(13)11-3-1-2-7(5-11)6-12/h7,12H,1-6H2,(H2,10,14). The summed E-state index contributed by atoms with van der Waals surface area (Å²) in [5.41, 5.74) is 5.30. The monoisotopic (exact) mass is 216 g/mol. The molecule has 1 amide bonds. The Labute approximate surface area is 89.1 Å². The first-order valence-corrected chi connectivity index (χ1v) is 5.21. The van der Waals surface area contributed by atoms with Gasteiger partial charge >= 0.3 is 0 Å². The molecular weight excluding hydrogens is 200 g/mol. The average Bonchev–Trinajstić information content (AvgIpc) is 2.17. The number of nitrogens with two attached hydrogens (primary N) is 1. The van der Waals surface area contributed by atoms with E-state index in [4.69, 9.17) is 10.8 Å². The molecule has 14 heavy (non-hydrogen) atoms. The van der Waals surface area contributed by atoms with Gasteiger partial charge in [0.05, 0.1) is 11.4 Å². The Morgan fingerprint density at radius 3 is 2.93 bits per heavy atom. The van der Waals surface area contributed by atoms with Crippen LogP contribution in [0.1, 0.15) is 19.3 Å². The van der Waals surface area contributed by atoms with Crippen molar-refractivity contribution in [2.75, 3.05) is 19.7 Å². The molecule has 5 heteroatoms. The van der Waals surface area contributed by atoms with E-state index in [9.17, 15) is 4.79 Å². The molecule has 1 unspecified atom stereocenters. The van der Waals surface area contributed by atoms with Crippen molar-refractivity contribution in [3.63, 3.8) is 0 Å². The third-order valence-corrected chi connectivity index (χ3v) is 2.60. The molecule has 1 rings (SSSR count). The summed E-state index contributed by atoms with van der Waals surface area (Å²) in [7, 11) is 0. The second kappa shape index (κ2) is 5.26. The predicted molar refractivity (Wildman–Crippen MR) is 57.8 cm³/mol. The van der Waals surface area contributed by atoms with Gasteiger partial charge in [-0.25, -0.2) is 0 Å². The van der Waals surface area contributed by atoms with Gasteiger partial charge in [0.2, 0.25) is 5.91 Å². The summed E-state index contributed by atoms with van der Waals surface area (Å²) < 4.78 is 0. The van der Waals surface area contributed by atoms with Crippen LogP contribution in [-0.2, 0) is 4.79 Å². The van der Waals surface area contributed by atoms with Crippen LogP contribution >= 0.6 is 12.2 Å². The van der Waals surface area contributed by atoms with Crippen molar-refractivity contribution in [3.05, 3.63) is 0 Å². The Morgan fingerprint density at radius 2 is 2.36 bits per heavy atom. The summed E-state index contributed by atoms with van der Waals surface area (Å²) in [5.74, 6) is 0.203. The minimum absolute atomic E-state index is 0.0179. The molecule has 4 nitrogen and oxygen atoms in total. The van der Waals surface area contributed by atoms with E-state index in [1.807, 2.05) is 0 Å². The number of likely N-dealkylation sites (tertiary alicyclic amines) is 1. The normalized spacial score (nSPS) is 22.1. The number of piperidine rings is 1. The zero-order valence-corrected chi connectivity index (χ0v) is 8.92. The van der Waals surface area contributed by atoms with Crippen molar-refractivity contribution in [2.45, 2.75) is 19.3 Å². The van der Waals surface area contributed by atoms with Gasteiger partial charge in [-0.2, -0.15) is 0 Å². The van der Waals surface area contributed by atoms with Crippen molar-refractivity contribution < 1.29 is 9.90 Å². The highest BCUT2D eigenvalue weighted by Crippen LogP contribution is 2.16. The smallest absolute Gasteiger partial charge is 0.229 e. The number of hydrogen-bond donors (Lipinski definition) is 2. The molecule has 0 aliphatic carbocycles. The van der Waals surface area contributed by atoms with E-state index < -0.39 is 0 Å². The number of rotatable bonds is 3. The van der Waals surface area contributed by atoms with Gasteiger partial charge in [0.15, 0.2) is 0 Å². The fourth-order valence-corrected chi connectivity index (χ4v) is 1.82. The lowest BCUT2D eigenvalue weighted by Gasteiger charge is -2.31. The summed E-state index contributed by atoms with van der Waals surface area (Å²) in [6, 6.07) is 0. The Balaban J connectivity index is 2.43. The second-order valence-corrected chi connectivity index (χ2v) is 4.20. The number of nitrogens with zero attached hydrogens (tertiary/aromatic N) is 1. The molecule has 1 fully saturated rings. The topological polar surface area (TPSA) is 66.6 Å². The van der Waals surface area contributed by atoms with E-state index in [2.05, 4.69) is 12.2 Å². The molecule has 0 aromatic heterocycles. The minimum atomic E-state index is -0.0179. The Bertz CT molecular complexity index is 233. The van der Waals surface area contributed by atoms with E-state index in [0.29, 0.717) is 6.54 Å². The first kappa shape index (κ1) is 11.4. The Morgan fingerprint density at radius 1 is 1.64 bits per heavy atom. The van der Waals surface area contributed by atoms with Crippen LogP contribution in [-0.4, -0.2) is 40.6 Å². The molecule has 80 valence electrons. The maximum Gasteiger partial charge on any atom is 0.229 e. The molecule has 1 saturated heterocycles. The van der Waals surface area contributed by atoms with Gasteiger partial charge in [-0.3, -0.25) is 4.79 Å². The zero-order chi connectivity index (χ0) is 10.6. The number of aliphatic hydroxyl groups is 1. The van der Waals surface area contributed by atoms with Gasteiger partial charge in [-0.15, -0.1) is 0 Å². The maximum absolute atomic E-state index is 11.5. The molecule has 0 aromatic rings. The van der Waals surface area contributed by atoms with E-state index in [0.717, 1.165) is 19.4 Å². The van der Waals surface area contributed by atoms with Gasteiger partial charge in [-0.1, -0.05) is 12.2 Å². The number of hydrogen-bond acceptors (Lipinski definition) is 3. The van der Waals surface area contributed by atoms with Crippen LogP contribution < -0.4 is 5.73 Å². The highest BCUT2D eigenvalue weighted by molar-refractivity contribution is 7.80. The molecular formula is C9H16N2O2S. The highest BCUT2D eigenvalue weighted by Gasteiger charge is 2.22. The second-order valence-electron chi connectivity index (χ2n) is 3.67. The number of carbonyl (C=O) groups is 1. The van der Waals surface area contributed by atoms with Gasteiger partial charge in [0.1, 0.15) is 0 Å². The summed E-state index contributed by atoms with van der Waals surface area (Å²) >= 11 is 4.68. The molecule has 0 bridgehead atoms. The lowest BCUT2D eigenvalue weighted by molar-refractivity contribution is -0.131. The van der Waals surface area contributed by atoms with Gasteiger partial charge < -0.3 is 15.7 Å². The van der Waals surface area contributed by atoms with Gasteiger partial charge in [-0.05, 0) is 18.8 Å². The van der Waals surface area contributed by atoms with E-state index in [1.165, 1.54) is 0 Å². The van der Waals surface area contributed by atoms with Gasteiger partial charge in [0.25, 0.3) is 0 Å². The van der Waals surface area contributed by atoms with Crippen LogP contribution in [0, 0.1) is 5.92 Å². The van der Waals surface area contributed by atoms with Crippen LogP contribution in [0.15, 0.2) is 0 Å². The van der Waals surface area contributed by atoms with Crippen LogP contribution in [0.25, 0.3) is 0 Å². The maximum atomic E-state index is 11.5. The van der Waals surface area contributed by atoms with Crippen molar-refractivity contribution in [1.82, 2.24) is 4.90 Å². The van der Waals surface area contributed by atoms with E-state index in [-0.39, 0.29) is 29.8 Å². The van der Waals surface area contributed by atoms with Crippen LogP contribution in [0.2, 0.25) is 0 Å². The lowest BCUT2D eigenvalue weighted by Crippen LogP contribution is -2.42. The average molecular weight is 216 g/mol. The van der Waals surface area contributed by atoms with Crippen molar-refractivity contribution in [1.29, 1.82) is 0 Å². The molecule has 1 atom stereocenters. The number of carbonyl (C=O) groups excluding carboxylic acids is 1. The first-order valence-electron chi connectivity index (χ1n) is 4.80. The Hall–Kier alpha value is -0.680. The molecule has 1 heterocycles. The van der Waals surface area contributed by atoms with E-state index in [1.54, 1.807) is 4.90 Å². The number of aliphatic hydroxyl groups excluding tert-OH is 1. The molecule has 3 N–H and O–H groups in total. The zero-order valence-electron chi connectivity index (χ0n) is 8.11. The summed E-state index contributed by atoms with van der Waals surface area (Å²) in [5, 5.41) is 8.98. The number of thiocarbonyl (C=S) groups is 1. The van der Waals surface area contributed by atoms with Crippen LogP contribution in [0.4, 0.5) is 0 Å². The van der Waals surface area contributed by atoms with Gasteiger partial charge in [0, 0.05) is 19.7 Å². The van der Waals surface area contributed by atoms with Crippen LogP contribution in [0.3, 0.4) is 0 Å². The number of amides is 1. The predicted octanol–water partition coefficient (Wildman–Crippen LogP) is -0.107. The SMILES string of the molecule is NC(=S)CC(=O)N1CCCC(CO)C1.